The van der Waals surface area contributed by atoms with Crippen LogP contribution in [0.4, 0.5) is 17.5 Å². The largest absolute Gasteiger partial charge is 0.356 e. The second kappa shape index (κ2) is 7.78. The number of nitrogens with zero attached hydrogens (tertiary/aromatic N) is 3. The van der Waals surface area contributed by atoms with E-state index in [1.165, 1.54) is 11.1 Å². The predicted molar refractivity (Wildman–Crippen MR) is 94.0 cm³/mol. The highest BCUT2D eigenvalue weighted by molar-refractivity contribution is 5.63. The van der Waals surface area contributed by atoms with Gasteiger partial charge in [-0.1, -0.05) is 32.0 Å². The number of hydrogen-bond acceptors (Lipinski definition) is 4. The predicted octanol–water partition coefficient (Wildman–Crippen LogP) is 4.46. The van der Waals surface area contributed by atoms with Crippen molar-refractivity contribution in [3.8, 4) is 0 Å². The lowest BCUT2D eigenvalue weighted by Crippen LogP contribution is -2.26. The third-order valence-corrected chi connectivity index (χ3v) is 3.67. The molecule has 1 aromatic heterocycles. The maximum atomic E-state index is 4.69. The van der Waals surface area contributed by atoms with Crippen LogP contribution >= 0.6 is 0 Å². The molecule has 0 unspecified atom stereocenters. The highest BCUT2D eigenvalue weighted by Gasteiger charge is 2.09. The van der Waals surface area contributed by atoms with Crippen molar-refractivity contribution in [2.75, 3.05) is 23.3 Å². The van der Waals surface area contributed by atoms with Gasteiger partial charge in [-0.3, -0.25) is 0 Å². The number of aryl methyl sites for hydroxylation is 2. The Kier molecular flexibility index (Phi) is 5.75. The first-order valence-corrected chi connectivity index (χ1v) is 8.07. The van der Waals surface area contributed by atoms with Gasteiger partial charge in [-0.05, 0) is 43.9 Å². The van der Waals surface area contributed by atoms with E-state index in [9.17, 15) is 0 Å². The van der Waals surface area contributed by atoms with Gasteiger partial charge in [0.1, 0.15) is 5.82 Å². The Labute approximate surface area is 133 Å². The van der Waals surface area contributed by atoms with Crippen LogP contribution in [0.2, 0.25) is 0 Å². The zero-order chi connectivity index (χ0) is 15.9. The number of rotatable bonds is 7. The molecule has 0 aliphatic carbocycles. The van der Waals surface area contributed by atoms with Gasteiger partial charge in [0.15, 0.2) is 0 Å². The summed E-state index contributed by atoms with van der Waals surface area (Å²) in [6.45, 7) is 10.6. The van der Waals surface area contributed by atoms with Crippen LogP contribution in [-0.4, -0.2) is 23.1 Å². The Morgan fingerprint density at radius 2 is 1.64 bits per heavy atom. The quantitative estimate of drug-likeness (QED) is 0.819. The molecule has 22 heavy (non-hydrogen) atoms. The lowest BCUT2D eigenvalue weighted by atomic mass is 10.1. The maximum Gasteiger partial charge on any atom is 0.229 e. The van der Waals surface area contributed by atoms with Gasteiger partial charge in [0, 0.05) is 25.0 Å². The molecule has 0 amide bonds. The summed E-state index contributed by atoms with van der Waals surface area (Å²) >= 11 is 0. The van der Waals surface area contributed by atoms with E-state index >= 15 is 0 Å². The van der Waals surface area contributed by atoms with Crippen molar-refractivity contribution in [3.05, 3.63) is 41.6 Å². The summed E-state index contributed by atoms with van der Waals surface area (Å²) in [6, 6.07) is 8.25. The average Bonchev–Trinajstić information content (AvgIpc) is 2.51. The molecule has 2 rings (SSSR count). The van der Waals surface area contributed by atoms with Gasteiger partial charge in [-0.2, -0.15) is 4.98 Å². The lowest BCUT2D eigenvalue weighted by Gasteiger charge is -2.23. The molecule has 0 bridgehead atoms. The Hall–Kier alpha value is -2.10. The molecule has 2 aromatic rings. The molecule has 0 saturated heterocycles. The molecule has 1 heterocycles. The Morgan fingerprint density at radius 3 is 2.23 bits per heavy atom. The summed E-state index contributed by atoms with van der Waals surface area (Å²) in [4.78, 5) is 11.4. The monoisotopic (exact) mass is 298 g/mol. The van der Waals surface area contributed by atoms with Crippen LogP contribution in [0.3, 0.4) is 0 Å². The fourth-order valence-corrected chi connectivity index (χ4v) is 2.59. The minimum atomic E-state index is 0.659. The number of nitrogens with one attached hydrogen (secondary N) is 1. The zero-order valence-electron chi connectivity index (χ0n) is 14.1. The van der Waals surface area contributed by atoms with Gasteiger partial charge in [0.25, 0.3) is 0 Å². The molecule has 1 N–H and O–H groups in total. The summed E-state index contributed by atoms with van der Waals surface area (Å²) in [5, 5.41) is 3.37. The molecule has 0 spiro atoms. The summed E-state index contributed by atoms with van der Waals surface area (Å²) in [5.74, 6) is 1.65. The molecule has 0 atom stereocenters. The molecular weight excluding hydrogens is 272 g/mol. The Bertz CT molecular complexity index is 584. The van der Waals surface area contributed by atoms with Crippen LogP contribution in [-0.2, 0) is 0 Å². The van der Waals surface area contributed by atoms with Gasteiger partial charge >= 0.3 is 0 Å². The molecule has 4 heteroatoms. The number of hydrogen-bond donors (Lipinski definition) is 1. The number of anilines is 3. The van der Waals surface area contributed by atoms with Crippen LogP contribution in [0.5, 0.6) is 0 Å². The first kappa shape index (κ1) is 16.3. The molecule has 4 nitrogen and oxygen atoms in total. The third-order valence-electron chi connectivity index (χ3n) is 3.67. The smallest absolute Gasteiger partial charge is 0.229 e. The average molecular weight is 298 g/mol. The molecule has 1 aromatic carbocycles. The Morgan fingerprint density at radius 1 is 1.00 bits per heavy atom. The van der Waals surface area contributed by atoms with E-state index < -0.39 is 0 Å². The molecule has 0 saturated carbocycles. The minimum absolute atomic E-state index is 0.659. The molecule has 0 fully saturated rings. The molecular formula is C18H26N4. The summed E-state index contributed by atoms with van der Waals surface area (Å²) < 4.78 is 0. The highest BCUT2D eigenvalue weighted by atomic mass is 15.2. The third kappa shape index (κ3) is 3.97. The van der Waals surface area contributed by atoms with Gasteiger partial charge in [-0.25, -0.2) is 4.98 Å². The van der Waals surface area contributed by atoms with Crippen molar-refractivity contribution in [2.24, 2.45) is 0 Å². The second-order valence-electron chi connectivity index (χ2n) is 5.62. The van der Waals surface area contributed by atoms with E-state index in [-0.39, 0.29) is 0 Å². The van der Waals surface area contributed by atoms with E-state index in [1.54, 1.807) is 0 Å². The fraction of sp³-hybridized carbons (Fsp3) is 0.444. The van der Waals surface area contributed by atoms with E-state index in [2.05, 4.69) is 61.1 Å². The second-order valence-corrected chi connectivity index (χ2v) is 5.62. The van der Waals surface area contributed by atoms with Crippen molar-refractivity contribution in [2.45, 2.75) is 40.5 Å². The first-order chi connectivity index (χ1) is 10.7. The maximum absolute atomic E-state index is 4.69. The standard InChI is InChI=1S/C18H26N4/c1-5-12-22(13-6-2)16-10-11-19-18(20-16)21-17-14(3)8-7-9-15(17)4/h7-11H,5-6,12-13H2,1-4H3,(H,19,20,21). The van der Waals surface area contributed by atoms with Crippen LogP contribution < -0.4 is 10.2 Å². The lowest BCUT2D eigenvalue weighted by molar-refractivity contribution is 0.733. The van der Waals surface area contributed by atoms with Gasteiger partial charge in [0.2, 0.25) is 5.95 Å². The van der Waals surface area contributed by atoms with Gasteiger partial charge < -0.3 is 10.2 Å². The number of para-hydroxylation sites is 1. The van der Waals surface area contributed by atoms with E-state index in [4.69, 9.17) is 4.98 Å². The summed E-state index contributed by atoms with van der Waals surface area (Å²) in [6.07, 6.45) is 4.06. The van der Waals surface area contributed by atoms with Crippen molar-refractivity contribution in [3.63, 3.8) is 0 Å². The molecule has 0 radical (unpaired) electrons. The highest BCUT2D eigenvalue weighted by Crippen LogP contribution is 2.23. The van der Waals surface area contributed by atoms with Crippen molar-refractivity contribution in [1.82, 2.24) is 9.97 Å². The van der Waals surface area contributed by atoms with Gasteiger partial charge in [0.05, 0.1) is 0 Å². The molecule has 0 aliphatic heterocycles. The van der Waals surface area contributed by atoms with Crippen LogP contribution in [0.25, 0.3) is 0 Å². The van der Waals surface area contributed by atoms with Gasteiger partial charge in [-0.15, -0.1) is 0 Å². The SMILES string of the molecule is CCCN(CCC)c1ccnc(Nc2c(C)cccc2C)n1. The van der Waals surface area contributed by atoms with Crippen LogP contribution in [0.15, 0.2) is 30.5 Å². The summed E-state index contributed by atoms with van der Waals surface area (Å²) in [5.41, 5.74) is 3.50. The normalized spacial score (nSPS) is 10.5. The molecule has 0 aliphatic rings. The molecule has 118 valence electrons. The summed E-state index contributed by atoms with van der Waals surface area (Å²) in [7, 11) is 0. The number of benzene rings is 1. The fourth-order valence-electron chi connectivity index (χ4n) is 2.59. The van der Waals surface area contributed by atoms with Crippen molar-refractivity contribution < 1.29 is 0 Å². The van der Waals surface area contributed by atoms with Crippen LogP contribution in [0.1, 0.15) is 37.8 Å². The van der Waals surface area contributed by atoms with E-state index in [0.29, 0.717) is 5.95 Å². The van der Waals surface area contributed by atoms with Crippen molar-refractivity contribution in [1.29, 1.82) is 0 Å². The topological polar surface area (TPSA) is 41.1 Å². The zero-order valence-corrected chi connectivity index (χ0v) is 14.1. The van der Waals surface area contributed by atoms with E-state index in [0.717, 1.165) is 37.4 Å². The Balaban J connectivity index is 2.24. The van der Waals surface area contributed by atoms with Crippen LogP contribution in [0, 0.1) is 13.8 Å². The van der Waals surface area contributed by atoms with Crippen molar-refractivity contribution >= 4 is 17.5 Å². The van der Waals surface area contributed by atoms with E-state index in [1.807, 2.05) is 12.3 Å². The number of aromatic nitrogens is 2. The first-order valence-electron chi connectivity index (χ1n) is 8.07. The minimum Gasteiger partial charge on any atom is -0.356 e.